The lowest BCUT2D eigenvalue weighted by atomic mass is 10.2. The molecule has 3 rings (SSSR count). The molecule has 1 N–H and O–H groups in total. The molecule has 0 saturated heterocycles. The first-order chi connectivity index (χ1) is 13.2. The zero-order valence-electron chi connectivity index (χ0n) is 15.3. The van der Waals surface area contributed by atoms with E-state index in [9.17, 15) is 9.59 Å². The molecule has 6 heteroatoms. The van der Waals surface area contributed by atoms with Crippen molar-refractivity contribution in [3.8, 4) is 0 Å². The third kappa shape index (κ3) is 3.89. The van der Waals surface area contributed by atoms with E-state index in [0.717, 1.165) is 5.56 Å². The number of nitrogens with one attached hydrogen (secondary N) is 1. The smallest absolute Gasteiger partial charge is 0.290 e. The van der Waals surface area contributed by atoms with E-state index in [1.165, 1.54) is 0 Å². The van der Waals surface area contributed by atoms with Gasteiger partial charge in [-0.15, -0.1) is 6.58 Å². The summed E-state index contributed by atoms with van der Waals surface area (Å²) in [5, 5.41) is 2.72. The van der Waals surface area contributed by atoms with Crippen molar-refractivity contribution in [1.29, 1.82) is 0 Å². The molecule has 3 aromatic rings. The van der Waals surface area contributed by atoms with Crippen LogP contribution in [0.25, 0.3) is 5.52 Å². The molecule has 6 nitrogen and oxygen atoms in total. The van der Waals surface area contributed by atoms with Gasteiger partial charge in [0, 0.05) is 25.8 Å². The Morgan fingerprint density at radius 2 is 1.93 bits per heavy atom. The average Bonchev–Trinajstić information content (AvgIpc) is 3.10. The molecule has 138 valence electrons. The molecular formula is C21H22N4O2. The van der Waals surface area contributed by atoms with Crippen LogP contribution >= 0.6 is 0 Å². The highest BCUT2D eigenvalue weighted by atomic mass is 16.2. The van der Waals surface area contributed by atoms with Gasteiger partial charge in [-0.25, -0.2) is 4.98 Å². The van der Waals surface area contributed by atoms with Crippen molar-refractivity contribution in [2.75, 3.05) is 13.1 Å². The molecule has 0 aliphatic carbocycles. The van der Waals surface area contributed by atoms with Crippen LogP contribution in [0.3, 0.4) is 0 Å². The minimum Gasteiger partial charge on any atom is -0.347 e. The Morgan fingerprint density at radius 1 is 1.19 bits per heavy atom. The third-order valence-corrected chi connectivity index (χ3v) is 4.25. The summed E-state index contributed by atoms with van der Waals surface area (Å²) in [6.07, 6.45) is 3.34. The molecule has 1 aromatic carbocycles. The van der Waals surface area contributed by atoms with Crippen LogP contribution in [-0.2, 0) is 6.54 Å². The summed E-state index contributed by atoms with van der Waals surface area (Å²) in [4.78, 5) is 31.7. The lowest BCUT2D eigenvalue weighted by Crippen LogP contribution is -2.32. The molecule has 0 spiro atoms. The zero-order chi connectivity index (χ0) is 19.2. The fourth-order valence-corrected chi connectivity index (χ4v) is 2.88. The summed E-state index contributed by atoms with van der Waals surface area (Å²) in [5.74, 6) is -0.318. The van der Waals surface area contributed by atoms with E-state index in [1.54, 1.807) is 27.6 Å². The number of aromatic nitrogens is 2. The monoisotopic (exact) mass is 362 g/mol. The number of hydrogen-bond acceptors (Lipinski definition) is 3. The van der Waals surface area contributed by atoms with Crippen molar-refractivity contribution in [3.05, 3.63) is 84.5 Å². The van der Waals surface area contributed by atoms with Crippen LogP contribution in [0.15, 0.2) is 67.4 Å². The molecule has 0 unspecified atom stereocenters. The first kappa shape index (κ1) is 18.4. The lowest BCUT2D eigenvalue weighted by Gasteiger charge is -2.20. The highest BCUT2D eigenvalue weighted by molar-refractivity contribution is 6.02. The van der Waals surface area contributed by atoms with Crippen LogP contribution < -0.4 is 5.32 Å². The minimum atomic E-state index is -0.330. The van der Waals surface area contributed by atoms with Crippen molar-refractivity contribution in [3.63, 3.8) is 0 Å². The number of hydrogen-bond donors (Lipinski definition) is 1. The maximum absolute atomic E-state index is 13.1. The number of carbonyl (C=O) groups excluding carboxylic acids is 2. The Bertz CT molecular complexity index is 963. The molecule has 0 bridgehead atoms. The molecule has 0 aliphatic rings. The van der Waals surface area contributed by atoms with Gasteiger partial charge < -0.3 is 10.2 Å². The lowest BCUT2D eigenvalue weighted by molar-refractivity contribution is 0.0739. The number of amides is 2. The Labute approximate surface area is 158 Å². The number of pyridine rings is 1. The van der Waals surface area contributed by atoms with Crippen molar-refractivity contribution < 1.29 is 9.59 Å². The van der Waals surface area contributed by atoms with E-state index in [-0.39, 0.29) is 23.3 Å². The second-order valence-corrected chi connectivity index (χ2v) is 6.04. The van der Waals surface area contributed by atoms with Gasteiger partial charge in [-0.05, 0) is 24.6 Å². The van der Waals surface area contributed by atoms with Gasteiger partial charge >= 0.3 is 0 Å². The van der Waals surface area contributed by atoms with Crippen molar-refractivity contribution in [1.82, 2.24) is 19.6 Å². The second kappa shape index (κ2) is 8.31. The van der Waals surface area contributed by atoms with E-state index in [4.69, 9.17) is 0 Å². The summed E-state index contributed by atoms with van der Waals surface area (Å²) < 4.78 is 1.67. The predicted octanol–water partition coefficient (Wildman–Crippen LogP) is 2.91. The van der Waals surface area contributed by atoms with Gasteiger partial charge in [-0.2, -0.15) is 0 Å². The topological polar surface area (TPSA) is 66.7 Å². The molecule has 2 amide bonds. The quantitative estimate of drug-likeness (QED) is 0.657. The van der Waals surface area contributed by atoms with E-state index in [1.807, 2.05) is 49.4 Å². The molecule has 0 saturated carbocycles. The van der Waals surface area contributed by atoms with Crippen LogP contribution in [0.2, 0.25) is 0 Å². The summed E-state index contributed by atoms with van der Waals surface area (Å²) >= 11 is 0. The van der Waals surface area contributed by atoms with Gasteiger partial charge in [0.2, 0.25) is 5.82 Å². The van der Waals surface area contributed by atoms with Crippen molar-refractivity contribution in [2.45, 2.75) is 13.5 Å². The Kier molecular flexibility index (Phi) is 5.66. The summed E-state index contributed by atoms with van der Waals surface area (Å²) in [7, 11) is 0. The van der Waals surface area contributed by atoms with E-state index >= 15 is 0 Å². The van der Waals surface area contributed by atoms with Crippen molar-refractivity contribution >= 4 is 17.3 Å². The Hall–Kier alpha value is -3.41. The van der Waals surface area contributed by atoms with Crippen LogP contribution in [0, 0.1) is 0 Å². The number of imidazole rings is 1. The molecule has 2 heterocycles. The fourth-order valence-electron chi connectivity index (χ4n) is 2.88. The van der Waals surface area contributed by atoms with Crippen molar-refractivity contribution in [2.24, 2.45) is 0 Å². The average molecular weight is 362 g/mol. The van der Waals surface area contributed by atoms with Gasteiger partial charge in [0.25, 0.3) is 11.8 Å². The maximum atomic E-state index is 13.1. The Balaban J connectivity index is 1.96. The van der Waals surface area contributed by atoms with E-state index < -0.39 is 0 Å². The molecule has 2 aromatic heterocycles. The molecular weight excluding hydrogens is 340 g/mol. The third-order valence-electron chi connectivity index (χ3n) is 4.25. The number of fused-ring (bicyclic) bond motifs is 1. The van der Waals surface area contributed by atoms with Gasteiger partial charge in [0.1, 0.15) is 0 Å². The van der Waals surface area contributed by atoms with Crippen LogP contribution in [0.4, 0.5) is 0 Å². The molecule has 27 heavy (non-hydrogen) atoms. The molecule has 0 fully saturated rings. The SMILES string of the molecule is C=CCNC(=O)c1nc(C(=O)N(CC)Cc2ccccc2)n2ccccc12. The number of carbonyl (C=O) groups is 2. The van der Waals surface area contributed by atoms with E-state index in [0.29, 0.717) is 25.2 Å². The highest BCUT2D eigenvalue weighted by Crippen LogP contribution is 2.16. The number of rotatable bonds is 7. The molecule has 0 radical (unpaired) electrons. The van der Waals surface area contributed by atoms with E-state index in [2.05, 4.69) is 16.9 Å². The van der Waals surface area contributed by atoms with Gasteiger partial charge in [-0.3, -0.25) is 14.0 Å². The van der Waals surface area contributed by atoms with Crippen LogP contribution in [-0.4, -0.2) is 39.2 Å². The molecule has 0 aliphatic heterocycles. The standard InChI is InChI=1S/C21H22N4O2/c1-3-13-22-20(26)18-17-12-8-9-14-25(17)19(23-18)21(27)24(4-2)15-16-10-6-5-7-11-16/h3,5-12,14H,1,4,13,15H2,2H3,(H,22,26). The summed E-state index contributed by atoms with van der Waals surface area (Å²) in [6.45, 7) is 6.87. The maximum Gasteiger partial charge on any atom is 0.290 e. The second-order valence-electron chi connectivity index (χ2n) is 6.04. The largest absolute Gasteiger partial charge is 0.347 e. The first-order valence-electron chi connectivity index (χ1n) is 8.85. The predicted molar refractivity (Wildman–Crippen MR) is 105 cm³/mol. The van der Waals surface area contributed by atoms with Crippen LogP contribution in [0.1, 0.15) is 33.6 Å². The first-order valence-corrected chi connectivity index (χ1v) is 8.85. The highest BCUT2D eigenvalue weighted by Gasteiger charge is 2.24. The Morgan fingerprint density at radius 3 is 2.63 bits per heavy atom. The summed E-state index contributed by atoms with van der Waals surface area (Å²) in [5.41, 5.74) is 1.87. The minimum absolute atomic E-state index is 0.217. The zero-order valence-corrected chi connectivity index (χ0v) is 15.3. The van der Waals surface area contributed by atoms with Gasteiger partial charge in [-0.1, -0.05) is 42.5 Å². The van der Waals surface area contributed by atoms with Crippen LogP contribution in [0.5, 0.6) is 0 Å². The fraction of sp³-hybridized carbons (Fsp3) is 0.190. The number of nitrogens with zero attached hydrogens (tertiary/aromatic N) is 3. The normalized spacial score (nSPS) is 10.6. The summed E-state index contributed by atoms with van der Waals surface area (Å²) in [6, 6.07) is 15.2. The molecule has 0 atom stereocenters. The van der Waals surface area contributed by atoms with Gasteiger partial charge in [0.05, 0.1) is 5.52 Å². The number of benzene rings is 1. The van der Waals surface area contributed by atoms with Gasteiger partial charge in [0.15, 0.2) is 5.69 Å².